The van der Waals surface area contributed by atoms with Crippen molar-refractivity contribution in [2.24, 2.45) is 0 Å². The molecule has 0 spiro atoms. The van der Waals surface area contributed by atoms with E-state index in [1.807, 2.05) is 29.2 Å². The molecule has 1 amide bonds. The molecule has 1 aliphatic heterocycles. The van der Waals surface area contributed by atoms with Crippen molar-refractivity contribution in [3.63, 3.8) is 0 Å². The van der Waals surface area contributed by atoms with E-state index in [1.54, 1.807) is 7.11 Å². The van der Waals surface area contributed by atoms with E-state index >= 15 is 0 Å². The maximum Gasteiger partial charge on any atom is 0.258 e. The van der Waals surface area contributed by atoms with Gasteiger partial charge in [0.15, 0.2) is 0 Å². The highest BCUT2D eigenvalue weighted by Gasteiger charge is 2.25. The fourth-order valence-corrected chi connectivity index (χ4v) is 3.02. The molecule has 0 radical (unpaired) electrons. The van der Waals surface area contributed by atoms with E-state index in [0.29, 0.717) is 5.56 Å². The molecule has 0 aromatic heterocycles. The van der Waals surface area contributed by atoms with Gasteiger partial charge in [0.05, 0.1) is 7.11 Å². The van der Waals surface area contributed by atoms with Gasteiger partial charge in [-0.15, -0.1) is 0 Å². The Kier molecular flexibility index (Phi) is 4.43. The lowest BCUT2D eigenvalue weighted by atomic mass is 10.00. The molecule has 2 aromatic rings. The molecule has 0 atom stereocenters. The lowest BCUT2D eigenvalue weighted by Crippen LogP contribution is -2.28. The monoisotopic (exact) mass is 321 g/mol. The molecular formula is C21H23NO2. The van der Waals surface area contributed by atoms with Gasteiger partial charge in [-0.1, -0.05) is 11.6 Å². The number of hydrogen-bond acceptors (Lipinski definition) is 2. The Morgan fingerprint density at radius 2 is 1.67 bits per heavy atom. The smallest absolute Gasteiger partial charge is 0.258 e. The van der Waals surface area contributed by atoms with Gasteiger partial charge in [0.25, 0.3) is 5.91 Å². The van der Waals surface area contributed by atoms with Crippen LogP contribution in [0.3, 0.4) is 0 Å². The van der Waals surface area contributed by atoms with Crippen molar-refractivity contribution in [3.05, 3.63) is 64.7 Å². The van der Waals surface area contributed by atoms with Crippen molar-refractivity contribution in [1.82, 2.24) is 0 Å². The molecule has 0 fully saturated rings. The SMILES string of the molecule is COc1ccc(C(=O)N2CCc3cc(C(C)=C(C)C)ccc32)cc1. The van der Waals surface area contributed by atoms with E-state index in [-0.39, 0.29) is 5.91 Å². The molecule has 3 nitrogen and oxygen atoms in total. The first-order valence-corrected chi connectivity index (χ1v) is 8.24. The van der Waals surface area contributed by atoms with Crippen LogP contribution in [0.15, 0.2) is 48.0 Å². The minimum Gasteiger partial charge on any atom is -0.497 e. The first-order chi connectivity index (χ1) is 11.5. The Morgan fingerprint density at radius 3 is 2.29 bits per heavy atom. The number of anilines is 1. The summed E-state index contributed by atoms with van der Waals surface area (Å²) < 4.78 is 5.16. The van der Waals surface area contributed by atoms with E-state index in [1.165, 1.54) is 22.3 Å². The summed E-state index contributed by atoms with van der Waals surface area (Å²) >= 11 is 0. The highest BCUT2D eigenvalue weighted by atomic mass is 16.5. The molecule has 3 rings (SSSR count). The van der Waals surface area contributed by atoms with Gasteiger partial charge >= 0.3 is 0 Å². The van der Waals surface area contributed by atoms with Gasteiger partial charge in [-0.3, -0.25) is 4.79 Å². The lowest BCUT2D eigenvalue weighted by molar-refractivity contribution is 0.0989. The Bertz CT molecular complexity index is 799. The quantitative estimate of drug-likeness (QED) is 0.819. The number of allylic oxidation sites excluding steroid dienone is 2. The number of ether oxygens (including phenoxy) is 1. The van der Waals surface area contributed by atoms with E-state index in [0.717, 1.165) is 24.4 Å². The first-order valence-electron chi connectivity index (χ1n) is 8.24. The minimum atomic E-state index is 0.0445. The topological polar surface area (TPSA) is 29.5 Å². The number of amides is 1. The largest absolute Gasteiger partial charge is 0.497 e. The van der Waals surface area contributed by atoms with Crippen LogP contribution in [0.5, 0.6) is 5.75 Å². The maximum atomic E-state index is 12.8. The molecule has 3 heteroatoms. The summed E-state index contributed by atoms with van der Waals surface area (Å²) in [5, 5.41) is 0. The third-order valence-electron chi connectivity index (χ3n) is 4.74. The fourth-order valence-electron chi connectivity index (χ4n) is 3.02. The number of carbonyl (C=O) groups excluding carboxylic acids is 1. The van der Waals surface area contributed by atoms with Crippen LogP contribution in [-0.2, 0) is 6.42 Å². The second kappa shape index (κ2) is 6.52. The zero-order chi connectivity index (χ0) is 17.3. The van der Waals surface area contributed by atoms with Gasteiger partial charge in [-0.05, 0) is 80.3 Å². The number of nitrogens with zero attached hydrogens (tertiary/aromatic N) is 1. The van der Waals surface area contributed by atoms with E-state index < -0.39 is 0 Å². The third-order valence-corrected chi connectivity index (χ3v) is 4.74. The molecule has 0 bridgehead atoms. The Balaban J connectivity index is 1.89. The van der Waals surface area contributed by atoms with Crippen LogP contribution in [0.1, 0.15) is 42.3 Å². The zero-order valence-corrected chi connectivity index (χ0v) is 14.7. The van der Waals surface area contributed by atoms with Gasteiger partial charge in [-0.25, -0.2) is 0 Å². The average Bonchev–Trinajstić information content (AvgIpc) is 3.03. The number of rotatable bonds is 3. The summed E-state index contributed by atoms with van der Waals surface area (Å²) in [4.78, 5) is 14.7. The van der Waals surface area contributed by atoms with Crippen LogP contribution in [0.25, 0.3) is 5.57 Å². The molecule has 0 aliphatic carbocycles. The second-order valence-electron chi connectivity index (χ2n) is 6.40. The van der Waals surface area contributed by atoms with Gasteiger partial charge in [0, 0.05) is 17.8 Å². The molecule has 24 heavy (non-hydrogen) atoms. The summed E-state index contributed by atoms with van der Waals surface area (Å²) in [5.41, 5.74) is 6.83. The molecule has 2 aromatic carbocycles. The number of carbonyl (C=O) groups is 1. The fraction of sp³-hybridized carbons (Fsp3) is 0.286. The van der Waals surface area contributed by atoms with Crippen molar-refractivity contribution in [1.29, 1.82) is 0 Å². The van der Waals surface area contributed by atoms with Crippen molar-refractivity contribution in [2.75, 3.05) is 18.6 Å². The zero-order valence-electron chi connectivity index (χ0n) is 14.7. The van der Waals surface area contributed by atoms with Crippen LogP contribution in [-0.4, -0.2) is 19.6 Å². The standard InChI is InChI=1S/C21H23NO2/c1-14(2)15(3)17-7-10-20-18(13-17)11-12-22(20)21(23)16-5-8-19(24-4)9-6-16/h5-10,13H,11-12H2,1-4H3. The molecule has 1 heterocycles. The highest BCUT2D eigenvalue weighted by Crippen LogP contribution is 2.32. The molecular weight excluding hydrogens is 298 g/mol. The molecule has 1 aliphatic rings. The average molecular weight is 321 g/mol. The number of benzene rings is 2. The van der Waals surface area contributed by atoms with Gasteiger partial charge < -0.3 is 9.64 Å². The van der Waals surface area contributed by atoms with Crippen molar-refractivity contribution < 1.29 is 9.53 Å². The number of fused-ring (bicyclic) bond motifs is 1. The van der Waals surface area contributed by atoms with E-state index in [2.05, 4.69) is 39.0 Å². The van der Waals surface area contributed by atoms with Crippen molar-refractivity contribution >= 4 is 17.2 Å². The summed E-state index contributed by atoms with van der Waals surface area (Å²) in [6.45, 7) is 7.13. The Hall–Kier alpha value is -2.55. The maximum absolute atomic E-state index is 12.8. The van der Waals surface area contributed by atoms with Gasteiger partial charge in [0.1, 0.15) is 5.75 Å². The number of methoxy groups -OCH3 is 1. The summed E-state index contributed by atoms with van der Waals surface area (Å²) in [6, 6.07) is 13.7. The lowest BCUT2D eigenvalue weighted by Gasteiger charge is -2.18. The normalized spacial score (nSPS) is 12.8. The van der Waals surface area contributed by atoms with Crippen LogP contribution in [0.4, 0.5) is 5.69 Å². The molecule has 0 saturated carbocycles. The van der Waals surface area contributed by atoms with Crippen LogP contribution in [0.2, 0.25) is 0 Å². The van der Waals surface area contributed by atoms with Crippen molar-refractivity contribution in [3.8, 4) is 5.75 Å². The molecule has 124 valence electrons. The summed E-state index contributed by atoms with van der Waals surface area (Å²) in [6.07, 6.45) is 0.904. The molecule has 0 saturated heterocycles. The van der Waals surface area contributed by atoms with Gasteiger partial charge in [0.2, 0.25) is 0 Å². The molecule has 0 unspecified atom stereocenters. The Morgan fingerprint density at radius 1 is 1.00 bits per heavy atom. The summed E-state index contributed by atoms with van der Waals surface area (Å²) in [7, 11) is 1.62. The predicted molar refractivity (Wildman–Crippen MR) is 98.8 cm³/mol. The van der Waals surface area contributed by atoms with E-state index in [4.69, 9.17) is 4.74 Å². The van der Waals surface area contributed by atoms with E-state index in [9.17, 15) is 4.79 Å². The minimum absolute atomic E-state index is 0.0445. The second-order valence-corrected chi connectivity index (χ2v) is 6.40. The predicted octanol–water partition coefficient (Wildman–Crippen LogP) is 4.71. The molecule has 0 N–H and O–H groups in total. The van der Waals surface area contributed by atoms with Crippen LogP contribution in [0, 0.1) is 0 Å². The van der Waals surface area contributed by atoms with Crippen LogP contribution < -0.4 is 9.64 Å². The first kappa shape index (κ1) is 16.3. The van der Waals surface area contributed by atoms with Gasteiger partial charge in [-0.2, -0.15) is 0 Å². The third kappa shape index (κ3) is 2.94. The van der Waals surface area contributed by atoms with Crippen molar-refractivity contribution in [2.45, 2.75) is 27.2 Å². The highest BCUT2D eigenvalue weighted by molar-refractivity contribution is 6.07. The Labute approximate surface area is 143 Å². The van der Waals surface area contributed by atoms with Crippen LogP contribution >= 0.6 is 0 Å². The summed E-state index contributed by atoms with van der Waals surface area (Å²) in [5.74, 6) is 0.804. The number of hydrogen-bond donors (Lipinski definition) is 0.